The van der Waals surface area contributed by atoms with Crippen LogP contribution in [0.3, 0.4) is 0 Å². The van der Waals surface area contributed by atoms with Crippen LogP contribution in [-0.2, 0) is 0 Å². The number of rotatable bonds is 6. The van der Waals surface area contributed by atoms with Crippen molar-refractivity contribution >= 4 is 23.5 Å². The number of ether oxygens (including phenoxy) is 1. The number of nitrogens with zero attached hydrogens (tertiary/aromatic N) is 3. The van der Waals surface area contributed by atoms with E-state index in [1.54, 1.807) is 18.3 Å². The van der Waals surface area contributed by atoms with Gasteiger partial charge in [0.05, 0.1) is 24.7 Å². The summed E-state index contributed by atoms with van der Waals surface area (Å²) in [5.74, 6) is 0.800. The molecule has 0 fully saturated rings. The maximum atomic E-state index is 12.4. The topological polar surface area (TPSA) is 68.5 Å². The minimum absolute atomic E-state index is 0.0210. The second kappa shape index (κ2) is 8.31. The van der Waals surface area contributed by atoms with Crippen LogP contribution >= 0.6 is 11.6 Å². The molecule has 1 heterocycles. The van der Waals surface area contributed by atoms with Gasteiger partial charge in [-0.05, 0) is 48.9 Å². The number of aromatic nitrogens is 2. The minimum Gasteiger partial charge on any atom is -0.494 e. The van der Waals surface area contributed by atoms with Crippen LogP contribution in [-0.4, -0.2) is 22.6 Å². The third kappa shape index (κ3) is 4.10. The van der Waals surface area contributed by atoms with E-state index in [2.05, 4.69) is 15.6 Å². The molecule has 1 N–H and O–H groups in total. The molecule has 0 unspecified atom stereocenters. The molecule has 7 heteroatoms. The molecule has 132 valence electrons. The average molecular weight is 369 g/mol. The number of hydrogen-bond acceptors (Lipinski definition) is 5. The molecule has 0 aliphatic rings. The van der Waals surface area contributed by atoms with E-state index in [9.17, 15) is 4.79 Å². The molecule has 0 spiro atoms. The first-order valence-corrected chi connectivity index (χ1v) is 8.42. The second-order valence-electron chi connectivity index (χ2n) is 5.30. The van der Waals surface area contributed by atoms with Crippen molar-refractivity contribution < 1.29 is 4.74 Å². The number of halogens is 1. The first kappa shape index (κ1) is 17.7. The molecule has 0 aliphatic carbocycles. The lowest BCUT2D eigenvalue weighted by Crippen LogP contribution is -2.22. The predicted octanol–water partition coefficient (Wildman–Crippen LogP) is 3.73. The smallest absolute Gasteiger partial charge is 0.292 e. The van der Waals surface area contributed by atoms with E-state index in [0.29, 0.717) is 18.0 Å². The summed E-state index contributed by atoms with van der Waals surface area (Å²) in [6.07, 6.45) is 3.08. The maximum Gasteiger partial charge on any atom is 0.292 e. The maximum absolute atomic E-state index is 12.4. The Bertz CT molecular complexity index is 954. The van der Waals surface area contributed by atoms with Crippen LogP contribution in [0, 0.1) is 0 Å². The number of hydrogen-bond donors (Lipinski definition) is 1. The Balaban J connectivity index is 1.74. The third-order valence-electron chi connectivity index (χ3n) is 3.51. The Kier molecular flexibility index (Phi) is 5.66. The predicted molar refractivity (Wildman–Crippen MR) is 104 cm³/mol. The van der Waals surface area contributed by atoms with Gasteiger partial charge in [0.2, 0.25) is 0 Å². The molecule has 2 aromatic carbocycles. The SMILES string of the molecule is CCOc1ccc(/C=N\Nc2cnn(-c3ccccc3)c(=O)c2Cl)cc1. The zero-order valence-electron chi connectivity index (χ0n) is 14.1. The lowest BCUT2D eigenvalue weighted by Gasteiger charge is -2.07. The first-order chi connectivity index (χ1) is 12.7. The Morgan fingerprint density at radius 2 is 1.92 bits per heavy atom. The summed E-state index contributed by atoms with van der Waals surface area (Å²) in [5.41, 5.74) is 4.19. The van der Waals surface area contributed by atoms with E-state index in [4.69, 9.17) is 16.3 Å². The summed E-state index contributed by atoms with van der Waals surface area (Å²) < 4.78 is 6.63. The fraction of sp³-hybridized carbons (Fsp3) is 0.105. The average Bonchev–Trinajstić information content (AvgIpc) is 2.67. The molecule has 0 bridgehead atoms. The summed E-state index contributed by atoms with van der Waals surface area (Å²) >= 11 is 6.16. The lowest BCUT2D eigenvalue weighted by molar-refractivity contribution is 0.340. The Morgan fingerprint density at radius 3 is 2.62 bits per heavy atom. The van der Waals surface area contributed by atoms with E-state index >= 15 is 0 Å². The van der Waals surface area contributed by atoms with Crippen molar-refractivity contribution in [2.24, 2.45) is 5.10 Å². The van der Waals surface area contributed by atoms with Gasteiger partial charge in [-0.2, -0.15) is 14.9 Å². The second-order valence-corrected chi connectivity index (χ2v) is 5.67. The Hall–Kier alpha value is -3.12. The molecular formula is C19H17ClN4O2. The van der Waals surface area contributed by atoms with Crippen molar-refractivity contribution in [3.05, 3.63) is 81.7 Å². The normalized spacial score (nSPS) is 10.8. The van der Waals surface area contributed by atoms with Crippen molar-refractivity contribution in [1.29, 1.82) is 0 Å². The van der Waals surface area contributed by atoms with Crippen molar-refractivity contribution in [3.63, 3.8) is 0 Å². The van der Waals surface area contributed by atoms with Gasteiger partial charge < -0.3 is 4.74 Å². The van der Waals surface area contributed by atoms with Gasteiger partial charge in [-0.3, -0.25) is 10.2 Å². The molecule has 0 atom stereocenters. The van der Waals surface area contributed by atoms with Crippen molar-refractivity contribution in [2.45, 2.75) is 6.92 Å². The number of para-hydroxylation sites is 1. The van der Waals surface area contributed by atoms with Crippen LogP contribution < -0.4 is 15.7 Å². The van der Waals surface area contributed by atoms with Crippen LogP contribution in [0.4, 0.5) is 5.69 Å². The monoisotopic (exact) mass is 368 g/mol. The quantitative estimate of drug-likeness (QED) is 0.531. The highest BCUT2D eigenvalue weighted by molar-refractivity contribution is 6.32. The van der Waals surface area contributed by atoms with Gasteiger partial charge in [-0.25, -0.2) is 0 Å². The van der Waals surface area contributed by atoms with Crippen LogP contribution in [0.5, 0.6) is 5.75 Å². The molecule has 3 rings (SSSR count). The zero-order valence-corrected chi connectivity index (χ0v) is 14.8. The molecule has 0 saturated carbocycles. The summed E-state index contributed by atoms with van der Waals surface area (Å²) in [6, 6.07) is 16.6. The van der Waals surface area contributed by atoms with E-state index in [1.807, 2.05) is 49.4 Å². The zero-order chi connectivity index (χ0) is 18.4. The number of nitrogens with one attached hydrogen (secondary N) is 1. The van der Waals surface area contributed by atoms with Crippen LogP contribution in [0.2, 0.25) is 5.02 Å². The van der Waals surface area contributed by atoms with Gasteiger partial charge >= 0.3 is 0 Å². The first-order valence-electron chi connectivity index (χ1n) is 8.04. The number of benzene rings is 2. The molecule has 6 nitrogen and oxygen atoms in total. The van der Waals surface area contributed by atoms with E-state index in [1.165, 1.54) is 10.9 Å². The van der Waals surface area contributed by atoms with Crippen LogP contribution in [0.1, 0.15) is 12.5 Å². The Labute approximate surface area is 155 Å². The van der Waals surface area contributed by atoms with Gasteiger partial charge in [-0.15, -0.1) is 0 Å². The highest BCUT2D eigenvalue weighted by Gasteiger charge is 2.09. The van der Waals surface area contributed by atoms with Crippen LogP contribution in [0.25, 0.3) is 5.69 Å². The third-order valence-corrected chi connectivity index (χ3v) is 3.87. The summed E-state index contributed by atoms with van der Waals surface area (Å²) in [5, 5.41) is 8.26. The molecule has 1 aromatic heterocycles. The minimum atomic E-state index is -0.417. The summed E-state index contributed by atoms with van der Waals surface area (Å²) in [7, 11) is 0. The van der Waals surface area contributed by atoms with E-state index < -0.39 is 5.56 Å². The van der Waals surface area contributed by atoms with Gasteiger partial charge in [0.1, 0.15) is 16.5 Å². The standard InChI is InChI=1S/C19H17ClN4O2/c1-2-26-16-10-8-14(9-11-16)12-21-23-17-13-22-24(19(25)18(17)20)15-6-4-3-5-7-15/h3-13,23H,2H2,1H3/b21-12-. The van der Waals surface area contributed by atoms with Gasteiger partial charge in [0.25, 0.3) is 5.56 Å². The number of anilines is 1. The van der Waals surface area contributed by atoms with Gasteiger partial charge in [-0.1, -0.05) is 29.8 Å². The fourth-order valence-corrected chi connectivity index (χ4v) is 2.43. The molecule has 0 saturated heterocycles. The van der Waals surface area contributed by atoms with E-state index in [0.717, 1.165) is 11.3 Å². The molecule has 3 aromatic rings. The van der Waals surface area contributed by atoms with Gasteiger partial charge in [0, 0.05) is 0 Å². The van der Waals surface area contributed by atoms with Crippen molar-refractivity contribution in [2.75, 3.05) is 12.0 Å². The molecular weight excluding hydrogens is 352 g/mol. The van der Waals surface area contributed by atoms with Crippen molar-refractivity contribution in [3.8, 4) is 11.4 Å². The van der Waals surface area contributed by atoms with Crippen LogP contribution in [0.15, 0.2) is 70.7 Å². The molecule has 0 aliphatic heterocycles. The Morgan fingerprint density at radius 1 is 1.19 bits per heavy atom. The molecule has 0 radical (unpaired) electrons. The molecule has 0 amide bonds. The summed E-state index contributed by atoms with van der Waals surface area (Å²) in [6.45, 7) is 2.55. The molecule has 26 heavy (non-hydrogen) atoms. The fourth-order valence-electron chi connectivity index (χ4n) is 2.26. The number of hydrazone groups is 1. The summed E-state index contributed by atoms with van der Waals surface area (Å²) in [4.78, 5) is 12.4. The largest absolute Gasteiger partial charge is 0.494 e. The highest BCUT2D eigenvalue weighted by atomic mass is 35.5. The lowest BCUT2D eigenvalue weighted by atomic mass is 10.2. The van der Waals surface area contributed by atoms with E-state index in [-0.39, 0.29) is 5.02 Å². The van der Waals surface area contributed by atoms with Gasteiger partial charge in [0.15, 0.2) is 0 Å². The highest BCUT2D eigenvalue weighted by Crippen LogP contribution is 2.17. The van der Waals surface area contributed by atoms with Crippen molar-refractivity contribution in [1.82, 2.24) is 9.78 Å².